The maximum Gasteiger partial charge on any atom is 0.191 e. The van der Waals surface area contributed by atoms with E-state index in [1.807, 2.05) is 29.2 Å². The van der Waals surface area contributed by atoms with Crippen molar-refractivity contribution >= 4 is 28.9 Å². The van der Waals surface area contributed by atoms with Crippen LogP contribution in [0.25, 0.3) is 11.3 Å². The molecule has 5 nitrogen and oxygen atoms in total. The first-order chi connectivity index (χ1) is 11.1. The number of nitrogens with two attached hydrogens (primary N) is 1. The molecule has 23 heavy (non-hydrogen) atoms. The monoisotopic (exact) mass is 350 g/mol. The van der Waals surface area contributed by atoms with Crippen molar-refractivity contribution < 1.29 is 4.74 Å². The van der Waals surface area contributed by atoms with Gasteiger partial charge in [0.15, 0.2) is 5.96 Å². The molecule has 0 amide bonds. The van der Waals surface area contributed by atoms with Gasteiger partial charge in [-0.3, -0.25) is 0 Å². The Bertz CT molecular complexity index is 693. The molecule has 1 aliphatic rings. The SMILES string of the molecule is Cc1sc(CN=C(N)N2CCOCC2)nc1-c1ccc(Cl)cc1. The number of benzene rings is 1. The summed E-state index contributed by atoms with van der Waals surface area (Å²) in [5.41, 5.74) is 8.11. The van der Waals surface area contributed by atoms with Gasteiger partial charge in [-0.2, -0.15) is 0 Å². The Morgan fingerprint density at radius 2 is 2.04 bits per heavy atom. The molecule has 0 radical (unpaired) electrons. The highest BCUT2D eigenvalue weighted by Crippen LogP contribution is 2.28. The van der Waals surface area contributed by atoms with Gasteiger partial charge in [0.2, 0.25) is 0 Å². The van der Waals surface area contributed by atoms with E-state index in [0.29, 0.717) is 25.7 Å². The first-order valence-corrected chi connectivity index (χ1v) is 8.68. The minimum absolute atomic E-state index is 0.502. The van der Waals surface area contributed by atoms with Crippen LogP contribution in [0.5, 0.6) is 0 Å². The quantitative estimate of drug-likeness (QED) is 0.683. The first-order valence-electron chi connectivity index (χ1n) is 7.48. The van der Waals surface area contributed by atoms with Gasteiger partial charge < -0.3 is 15.4 Å². The van der Waals surface area contributed by atoms with Crippen LogP contribution in [0.1, 0.15) is 9.88 Å². The Labute approximate surface area is 144 Å². The lowest BCUT2D eigenvalue weighted by atomic mass is 10.1. The first kappa shape index (κ1) is 16.2. The van der Waals surface area contributed by atoms with Crippen LogP contribution < -0.4 is 5.73 Å². The van der Waals surface area contributed by atoms with Gasteiger partial charge in [0.05, 0.1) is 25.5 Å². The zero-order valence-corrected chi connectivity index (χ0v) is 14.5. The minimum Gasteiger partial charge on any atom is -0.378 e. The summed E-state index contributed by atoms with van der Waals surface area (Å²) in [7, 11) is 0. The molecule has 0 aliphatic carbocycles. The van der Waals surface area contributed by atoms with Crippen molar-refractivity contribution in [3.05, 3.63) is 39.2 Å². The van der Waals surface area contributed by atoms with Gasteiger partial charge in [0, 0.05) is 28.6 Å². The number of nitrogens with zero attached hydrogens (tertiary/aromatic N) is 3. The van der Waals surface area contributed by atoms with Crippen LogP contribution in [-0.4, -0.2) is 42.1 Å². The molecule has 7 heteroatoms. The maximum absolute atomic E-state index is 6.05. The number of morpholine rings is 1. The minimum atomic E-state index is 0.502. The number of rotatable bonds is 3. The van der Waals surface area contributed by atoms with Gasteiger partial charge >= 0.3 is 0 Å². The van der Waals surface area contributed by atoms with E-state index in [2.05, 4.69) is 11.9 Å². The molecule has 0 bridgehead atoms. The molecule has 1 aromatic heterocycles. The van der Waals surface area contributed by atoms with Crippen molar-refractivity contribution in [2.75, 3.05) is 26.3 Å². The van der Waals surface area contributed by atoms with Gasteiger partial charge in [-0.25, -0.2) is 9.98 Å². The second kappa shape index (κ2) is 7.29. The third-order valence-corrected chi connectivity index (χ3v) is 4.88. The fourth-order valence-electron chi connectivity index (χ4n) is 2.44. The highest BCUT2D eigenvalue weighted by Gasteiger charge is 2.13. The van der Waals surface area contributed by atoms with E-state index in [4.69, 9.17) is 27.1 Å². The standard InChI is InChI=1S/C16H19ClN4OS/c1-11-15(12-2-4-13(17)5-3-12)20-14(23-11)10-19-16(18)21-6-8-22-9-7-21/h2-5H,6-10H2,1H3,(H2,18,19). The van der Waals surface area contributed by atoms with E-state index in [-0.39, 0.29) is 0 Å². The number of hydrogen-bond donors (Lipinski definition) is 1. The third-order valence-electron chi connectivity index (χ3n) is 3.67. The molecule has 1 fully saturated rings. The van der Waals surface area contributed by atoms with Crippen LogP contribution in [0.15, 0.2) is 29.3 Å². The van der Waals surface area contributed by atoms with Crippen molar-refractivity contribution in [3.8, 4) is 11.3 Å². The Morgan fingerprint density at radius 1 is 1.35 bits per heavy atom. The van der Waals surface area contributed by atoms with Crippen LogP contribution in [-0.2, 0) is 11.3 Å². The summed E-state index contributed by atoms with van der Waals surface area (Å²) in [4.78, 5) is 12.4. The van der Waals surface area contributed by atoms with E-state index < -0.39 is 0 Å². The van der Waals surface area contributed by atoms with Crippen molar-refractivity contribution in [1.29, 1.82) is 0 Å². The molecule has 0 atom stereocenters. The van der Waals surface area contributed by atoms with Gasteiger partial charge in [0.1, 0.15) is 5.01 Å². The topological polar surface area (TPSA) is 63.7 Å². The second-order valence-electron chi connectivity index (χ2n) is 5.29. The second-order valence-corrected chi connectivity index (χ2v) is 7.02. The molecule has 1 aromatic carbocycles. The average molecular weight is 351 g/mol. The maximum atomic E-state index is 6.05. The molecule has 2 heterocycles. The summed E-state index contributed by atoms with van der Waals surface area (Å²) in [6.45, 7) is 5.56. The smallest absolute Gasteiger partial charge is 0.191 e. The van der Waals surface area contributed by atoms with Crippen LogP contribution in [0.3, 0.4) is 0 Å². The summed E-state index contributed by atoms with van der Waals surface area (Å²) in [5.74, 6) is 0.564. The summed E-state index contributed by atoms with van der Waals surface area (Å²) in [5, 5.41) is 1.69. The number of thiazole rings is 1. The molecule has 2 aromatic rings. The lowest BCUT2D eigenvalue weighted by Gasteiger charge is -2.27. The molecular formula is C16H19ClN4OS. The molecule has 0 spiro atoms. The van der Waals surface area contributed by atoms with Gasteiger partial charge in [-0.1, -0.05) is 23.7 Å². The fraction of sp³-hybridized carbons (Fsp3) is 0.375. The predicted octanol–water partition coefficient (Wildman–Crippen LogP) is 2.92. The van der Waals surface area contributed by atoms with Crippen LogP contribution in [0.2, 0.25) is 5.02 Å². The van der Waals surface area contributed by atoms with Crippen LogP contribution >= 0.6 is 22.9 Å². The Morgan fingerprint density at radius 3 is 2.74 bits per heavy atom. The van der Waals surface area contributed by atoms with Crippen LogP contribution in [0, 0.1) is 6.92 Å². The zero-order valence-electron chi connectivity index (χ0n) is 13.0. The highest BCUT2D eigenvalue weighted by atomic mass is 35.5. The molecule has 0 saturated carbocycles. The van der Waals surface area contributed by atoms with E-state index >= 15 is 0 Å². The van der Waals surface area contributed by atoms with Gasteiger partial charge in [0.25, 0.3) is 0 Å². The Kier molecular flexibility index (Phi) is 5.15. The van der Waals surface area contributed by atoms with Crippen molar-refractivity contribution in [1.82, 2.24) is 9.88 Å². The molecule has 122 valence electrons. The molecule has 1 aliphatic heterocycles. The number of aromatic nitrogens is 1. The average Bonchev–Trinajstić information content (AvgIpc) is 2.95. The van der Waals surface area contributed by atoms with Gasteiger partial charge in [-0.15, -0.1) is 11.3 Å². The van der Waals surface area contributed by atoms with E-state index in [9.17, 15) is 0 Å². The number of halogens is 1. The Hall–Kier alpha value is -1.63. The summed E-state index contributed by atoms with van der Waals surface area (Å²) in [6.07, 6.45) is 0. The van der Waals surface area contributed by atoms with E-state index in [0.717, 1.165) is 34.4 Å². The van der Waals surface area contributed by atoms with Gasteiger partial charge in [-0.05, 0) is 19.1 Å². The number of aryl methyl sites for hydroxylation is 1. The lowest BCUT2D eigenvalue weighted by molar-refractivity contribution is 0.0674. The number of aliphatic imine (C=N–C) groups is 1. The van der Waals surface area contributed by atoms with Crippen molar-refractivity contribution in [3.63, 3.8) is 0 Å². The fourth-order valence-corrected chi connectivity index (χ4v) is 3.44. The summed E-state index contributed by atoms with van der Waals surface area (Å²) in [6, 6.07) is 7.73. The number of guanidine groups is 1. The van der Waals surface area contributed by atoms with Crippen molar-refractivity contribution in [2.45, 2.75) is 13.5 Å². The Balaban J connectivity index is 1.72. The van der Waals surface area contributed by atoms with E-state index in [1.165, 1.54) is 4.88 Å². The third kappa shape index (κ3) is 4.02. The zero-order chi connectivity index (χ0) is 16.2. The molecule has 1 saturated heterocycles. The highest BCUT2D eigenvalue weighted by molar-refractivity contribution is 7.12. The molecule has 3 rings (SSSR count). The summed E-state index contributed by atoms with van der Waals surface area (Å²) < 4.78 is 5.32. The molecule has 0 unspecified atom stereocenters. The van der Waals surface area contributed by atoms with E-state index in [1.54, 1.807) is 11.3 Å². The lowest BCUT2D eigenvalue weighted by Crippen LogP contribution is -2.44. The largest absolute Gasteiger partial charge is 0.378 e. The summed E-state index contributed by atoms with van der Waals surface area (Å²) >= 11 is 7.59. The molecule has 2 N–H and O–H groups in total. The predicted molar refractivity (Wildman–Crippen MR) is 95.0 cm³/mol. The molecular weight excluding hydrogens is 332 g/mol. The van der Waals surface area contributed by atoms with Crippen molar-refractivity contribution in [2.24, 2.45) is 10.7 Å². The normalized spacial score (nSPS) is 15.9. The number of hydrogen-bond acceptors (Lipinski definition) is 4. The van der Waals surface area contributed by atoms with Crippen LogP contribution in [0.4, 0.5) is 0 Å². The number of ether oxygens (including phenoxy) is 1.